The Morgan fingerprint density at radius 2 is 1.89 bits per heavy atom. The molecule has 9 heteroatoms. The monoisotopic (exact) mass is 543 g/mol. The van der Waals surface area contributed by atoms with Crippen LogP contribution in [0.1, 0.15) is 76.0 Å². The van der Waals surface area contributed by atoms with Gasteiger partial charge < -0.3 is 14.4 Å². The van der Waals surface area contributed by atoms with Crippen LogP contribution in [0.25, 0.3) is 0 Å². The maximum Gasteiger partial charge on any atom is 0.256 e. The number of hydrogen-bond acceptors (Lipinski definition) is 6. The number of benzene rings is 1. The highest BCUT2D eigenvalue weighted by molar-refractivity contribution is 7.89. The number of fused-ring (bicyclic) bond motifs is 1. The third kappa shape index (κ3) is 5.90. The minimum absolute atomic E-state index is 0.0371. The second kappa shape index (κ2) is 12.6. The highest BCUT2D eigenvalue weighted by atomic mass is 32.2. The van der Waals surface area contributed by atoms with E-state index in [2.05, 4.69) is 6.92 Å². The van der Waals surface area contributed by atoms with E-state index >= 15 is 0 Å². The normalized spacial score (nSPS) is 16.5. The number of hydrogen-bond donors (Lipinski definition) is 1. The summed E-state index contributed by atoms with van der Waals surface area (Å²) in [6.07, 6.45) is 8.14. The summed E-state index contributed by atoms with van der Waals surface area (Å²) in [5.74, 6) is 1.04. The summed E-state index contributed by atoms with van der Waals surface area (Å²) in [5.41, 5.74) is 3.73. The molecule has 8 nitrogen and oxygen atoms in total. The van der Waals surface area contributed by atoms with Crippen LogP contribution in [-0.2, 0) is 29.4 Å². The highest BCUT2D eigenvalue weighted by Gasteiger charge is 2.31. The molecule has 0 aliphatic carbocycles. The van der Waals surface area contributed by atoms with Crippen LogP contribution in [0.3, 0.4) is 0 Å². The summed E-state index contributed by atoms with van der Waals surface area (Å²) in [4.78, 5) is 18.3. The summed E-state index contributed by atoms with van der Waals surface area (Å²) >= 11 is 0. The molecular formula is C29H41N3O5S. The van der Waals surface area contributed by atoms with E-state index in [9.17, 15) is 13.2 Å². The van der Waals surface area contributed by atoms with Gasteiger partial charge in [0.15, 0.2) is 0 Å². The van der Waals surface area contributed by atoms with E-state index in [4.69, 9.17) is 14.8 Å². The minimum Gasteiger partial charge on any atom is -0.493 e. The molecule has 0 bridgehead atoms. The lowest BCUT2D eigenvalue weighted by molar-refractivity contribution is 0.230. The quantitative estimate of drug-likeness (QED) is 0.426. The minimum atomic E-state index is -3.69. The van der Waals surface area contributed by atoms with Gasteiger partial charge in [-0.15, -0.1) is 0 Å². The number of aliphatic hydroxyl groups excluding tert-OH is 1. The van der Waals surface area contributed by atoms with Crippen LogP contribution in [0.4, 0.5) is 5.69 Å². The standard InChI is InChI=1S/C29H41N3O5S/c1-4-8-22-20-31(6-3)29(34)25-19-26(30-28(22)25)24-18-23(10-11-27(24)37-17-5-2)38(35,36)32-14-12-21(13-15-32)9-7-16-33/h10-11,18,20-21,33H,4-9,12-17,19H2,1-3H3. The molecule has 2 aliphatic rings. The van der Waals surface area contributed by atoms with E-state index < -0.39 is 10.0 Å². The van der Waals surface area contributed by atoms with Gasteiger partial charge in [0.05, 0.1) is 22.9 Å². The summed E-state index contributed by atoms with van der Waals surface area (Å²) in [6.45, 7) is 8.31. The molecule has 0 atom stereocenters. The van der Waals surface area contributed by atoms with Gasteiger partial charge in [-0.3, -0.25) is 9.79 Å². The van der Waals surface area contributed by atoms with Gasteiger partial charge in [-0.05, 0) is 75.1 Å². The summed E-state index contributed by atoms with van der Waals surface area (Å²) in [5, 5.41) is 9.11. The van der Waals surface area contributed by atoms with E-state index in [1.54, 1.807) is 27.1 Å². The van der Waals surface area contributed by atoms with Crippen molar-refractivity contribution in [3.63, 3.8) is 0 Å². The molecule has 2 aromatic rings. The Hall–Kier alpha value is -2.49. The molecule has 0 spiro atoms. The van der Waals surface area contributed by atoms with Gasteiger partial charge in [0.1, 0.15) is 5.75 Å². The Morgan fingerprint density at radius 1 is 1.13 bits per heavy atom. The Labute approximate surface area is 226 Å². The molecule has 0 radical (unpaired) electrons. The van der Waals surface area contributed by atoms with Crippen molar-refractivity contribution in [2.45, 2.75) is 83.6 Å². The third-order valence-corrected chi connectivity index (χ3v) is 9.47. The Balaban J connectivity index is 1.68. The fourth-order valence-electron chi connectivity index (χ4n) is 5.46. The fourth-order valence-corrected chi connectivity index (χ4v) is 6.96. The SMILES string of the molecule is CCCOc1ccc(S(=O)(=O)N2CCC(CCCO)CC2)cc1C1=Nc2c(CCC)cn(CC)c(=O)c2C1. The van der Waals surface area contributed by atoms with Gasteiger partial charge in [0.2, 0.25) is 10.0 Å². The molecule has 1 saturated heterocycles. The number of rotatable bonds is 12. The smallest absolute Gasteiger partial charge is 0.256 e. The number of ether oxygens (including phenoxy) is 1. The van der Waals surface area contributed by atoms with Crippen molar-refractivity contribution < 1.29 is 18.3 Å². The molecule has 1 aromatic carbocycles. The Bertz CT molecular complexity index is 1320. The molecular weight excluding hydrogens is 502 g/mol. The number of aryl methyl sites for hydroxylation is 2. The van der Waals surface area contributed by atoms with Crippen molar-refractivity contribution >= 4 is 21.4 Å². The Morgan fingerprint density at radius 3 is 2.55 bits per heavy atom. The van der Waals surface area contributed by atoms with Crippen LogP contribution in [0.2, 0.25) is 0 Å². The topological polar surface area (TPSA) is 101 Å². The lowest BCUT2D eigenvalue weighted by Gasteiger charge is -2.31. The summed E-state index contributed by atoms with van der Waals surface area (Å²) < 4.78 is 36.6. The van der Waals surface area contributed by atoms with E-state index in [0.717, 1.165) is 56.2 Å². The van der Waals surface area contributed by atoms with Crippen LogP contribution in [-0.4, -0.2) is 54.4 Å². The van der Waals surface area contributed by atoms with Crippen LogP contribution in [0.15, 0.2) is 39.1 Å². The van der Waals surface area contributed by atoms with Crippen molar-refractivity contribution in [1.29, 1.82) is 0 Å². The molecule has 3 heterocycles. The van der Waals surface area contributed by atoms with E-state index in [-0.39, 0.29) is 17.1 Å². The molecule has 4 rings (SSSR count). The van der Waals surface area contributed by atoms with Gasteiger partial charge in [-0.2, -0.15) is 4.31 Å². The molecule has 0 unspecified atom stereocenters. The lowest BCUT2D eigenvalue weighted by atomic mass is 9.93. The molecule has 1 N–H and O–H groups in total. The first-order valence-corrected chi connectivity index (χ1v) is 15.5. The largest absolute Gasteiger partial charge is 0.493 e. The van der Waals surface area contributed by atoms with Gasteiger partial charge >= 0.3 is 0 Å². The average molecular weight is 544 g/mol. The first kappa shape index (κ1) is 28.5. The molecule has 2 aliphatic heterocycles. The maximum atomic E-state index is 13.6. The molecule has 38 heavy (non-hydrogen) atoms. The van der Waals surface area contributed by atoms with E-state index in [0.29, 0.717) is 61.2 Å². The van der Waals surface area contributed by atoms with Crippen molar-refractivity contribution in [1.82, 2.24) is 8.87 Å². The average Bonchev–Trinajstić information content (AvgIpc) is 3.38. The number of sulfonamides is 1. The van der Waals surface area contributed by atoms with Crippen molar-refractivity contribution in [2.75, 3.05) is 26.3 Å². The summed E-state index contributed by atoms with van der Waals surface area (Å²) in [7, 11) is -3.69. The molecule has 1 fully saturated rings. The van der Waals surface area contributed by atoms with Crippen molar-refractivity contribution in [3.8, 4) is 5.75 Å². The van der Waals surface area contributed by atoms with Crippen molar-refractivity contribution in [3.05, 3.63) is 51.4 Å². The number of nitrogens with zero attached hydrogens (tertiary/aromatic N) is 3. The Kier molecular flexibility index (Phi) is 9.44. The zero-order chi connectivity index (χ0) is 27.3. The van der Waals surface area contributed by atoms with Gasteiger partial charge in [0, 0.05) is 50.0 Å². The second-order valence-corrected chi connectivity index (χ2v) is 12.2. The molecule has 0 amide bonds. The number of pyridine rings is 1. The van der Waals surface area contributed by atoms with E-state index in [1.165, 1.54) is 0 Å². The second-order valence-electron chi connectivity index (χ2n) is 10.3. The fraction of sp³-hybridized carbons (Fsp3) is 0.586. The number of aliphatic hydroxyl groups is 1. The molecule has 1 aromatic heterocycles. The van der Waals surface area contributed by atoms with Gasteiger partial charge in [0.25, 0.3) is 5.56 Å². The third-order valence-electron chi connectivity index (χ3n) is 7.58. The zero-order valence-electron chi connectivity index (χ0n) is 22.9. The number of aromatic nitrogens is 1. The first-order chi connectivity index (χ1) is 18.3. The predicted molar refractivity (Wildman–Crippen MR) is 150 cm³/mol. The van der Waals surface area contributed by atoms with Gasteiger partial charge in [-0.1, -0.05) is 20.3 Å². The van der Waals surface area contributed by atoms with Crippen LogP contribution < -0.4 is 10.3 Å². The van der Waals surface area contributed by atoms with Crippen LogP contribution in [0.5, 0.6) is 5.75 Å². The van der Waals surface area contributed by atoms with Crippen LogP contribution >= 0.6 is 0 Å². The van der Waals surface area contributed by atoms with Crippen molar-refractivity contribution in [2.24, 2.45) is 10.9 Å². The molecule has 0 saturated carbocycles. The maximum absolute atomic E-state index is 13.6. The lowest BCUT2D eigenvalue weighted by Crippen LogP contribution is -2.38. The van der Waals surface area contributed by atoms with Crippen LogP contribution in [0, 0.1) is 5.92 Å². The van der Waals surface area contributed by atoms with E-state index in [1.807, 2.05) is 20.0 Å². The zero-order valence-corrected chi connectivity index (χ0v) is 23.7. The molecule has 208 valence electrons. The highest BCUT2D eigenvalue weighted by Crippen LogP contribution is 2.35. The van der Waals surface area contributed by atoms with Gasteiger partial charge in [-0.25, -0.2) is 8.42 Å². The first-order valence-electron chi connectivity index (χ1n) is 14.0. The number of aliphatic imine (C=N–C) groups is 1. The number of piperidine rings is 1. The predicted octanol–water partition coefficient (Wildman–Crippen LogP) is 4.46. The summed E-state index contributed by atoms with van der Waals surface area (Å²) in [6, 6.07) is 5.03.